The maximum absolute atomic E-state index is 5.22. The molecule has 0 aliphatic rings. The zero-order valence-corrected chi connectivity index (χ0v) is 33.9. The van der Waals surface area contributed by atoms with Crippen LogP contribution in [-0.4, -0.2) is 15.0 Å². The fourth-order valence-corrected chi connectivity index (χ4v) is 8.59. The van der Waals surface area contributed by atoms with Gasteiger partial charge >= 0.3 is 0 Å². The first-order valence-corrected chi connectivity index (χ1v) is 21.0. The van der Waals surface area contributed by atoms with Gasteiger partial charge in [-0.2, -0.15) is 0 Å². The minimum atomic E-state index is 0.689. The molecule has 0 saturated carbocycles. The van der Waals surface area contributed by atoms with Crippen LogP contribution in [0.25, 0.3) is 111 Å². The average Bonchev–Trinajstić information content (AvgIpc) is 3.37. The molecule has 0 N–H and O–H groups in total. The topological polar surface area (TPSA) is 38.7 Å². The van der Waals surface area contributed by atoms with E-state index in [4.69, 9.17) is 15.0 Å². The maximum Gasteiger partial charge on any atom is 0.160 e. The van der Waals surface area contributed by atoms with Crippen LogP contribution in [0.2, 0.25) is 0 Å². The van der Waals surface area contributed by atoms with E-state index in [1.54, 1.807) is 0 Å². The molecule has 3 heteroatoms. The zero-order valence-electron chi connectivity index (χ0n) is 33.9. The van der Waals surface area contributed by atoms with Crippen LogP contribution in [0, 0.1) is 0 Å². The summed E-state index contributed by atoms with van der Waals surface area (Å²) in [6, 6.07) is 83.5. The van der Waals surface area contributed by atoms with E-state index in [-0.39, 0.29) is 0 Å². The highest BCUT2D eigenvalue weighted by molar-refractivity contribution is 6.17. The molecule has 0 aliphatic carbocycles. The molecule has 9 aromatic carbocycles. The number of rotatable bonds is 8. The van der Waals surface area contributed by atoms with Crippen LogP contribution in [0.1, 0.15) is 0 Å². The average molecular weight is 790 g/mol. The molecule has 62 heavy (non-hydrogen) atoms. The lowest BCUT2D eigenvalue weighted by molar-refractivity contribution is 1.18. The molecule has 0 amide bonds. The highest BCUT2D eigenvalue weighted by atomic mass is 14.9. The second-order valence-electron chi connectivity index (χ2n) is 15.6. The van der Waals surface area contributed by atoms with Crippen molar-refractivity contribution in [3.05, 3.63) is 237 Å². The smallest absolute Gasteiger partial charge is 0.160 e. The number of nitrogens with zero attached hydrogens (tertiary/aromatic N) is 3. The number of pyridine rings is 1. The lowest BCUT2D eigenvalue weighted by atomic mass is 9.91. The van der Waals surface area contributed by atoms with E-state index >= 15 is 0 Å². The van der Waals surface area contributed by atoms with Gasteiger partial charge in [-0.1, -0.05) is 200 Å². The van der Waals surface area contributed by atoms with Gasteiger partial charge in [0.1, 0.15) is 0 Å². The Balaban J connectivity index is 1.000. The Hall–Kier alpha value is -8.27. The predicted octanol–water partition coefficient (Wildman–Crippen LogP) is 15.5. The molecule has 11 aromatic rings. The fourth-order valence-electron chi connectivity index (χ4n) is 8.59. The van der Waals surface area contributed by atoms with Crippen molar-refractivity contribution >= 4 is 21.7 Å². The van der Waals surface area contributed by atoms with Crippen molar-refractivity contribution in [2.75, 3.05) is 0 Å². The van der Waals surface area contributed by atoms with E-state index in [0.717, 1.165) is 94.6 Å². The number of aromatic nitrogens is 3. The molecule has 0 atom stereocenters. The molecule has 2 aromatic heterocycles. The quantitative estimate of drug-likeness (QED) is 0.144. The first-order chi connectivity index (χ1) is 30.7. The highest BCUT2D eigenvalue weighted by Gasteiger charge is 2.17. The molecule has 290 valence electrons. The van der Waals surface area contributed by atoms with E-state index in [9.17, 15) is 0 Å². The van der Waals surface area contributed by atoms with Crippen LogP contribution in [-0.2, 0) is 0 Å². The third-order valence-corrected chi connectivity index (χ3v) is 11.7. The summed E-state index contributed by atoms with van der Waals surface area (Å²) < 4.78 is 0. The van der Waals surface area contributed by atoms with Gasteiger partial charge < -0.3 is 0 Å². The summed E-state index contributed by atoms with van der Waals surface area (Å²) >= 11 is 0. The van der Waals surface area contributed by atoms with Crippen molar-refractivity contribution in [1.29, 1.82) is 0 Å². The standard InChI is InChI=1S/C59H39N3/c1-5-17-40(18-6-1)48-36-49(41-19-7-2-8-20-41)38-50(37-48)56-39-55(61-59(62-56)45-23-11-4-12-24-45)43-33-31-42(32-34-43)46-25-15-26-47(35-46)51-28-16-29-53-57(51)52-27-13-14-30-54(52)60-58(53)44-21-9-3-10-22-44/h1-39H. The van der Waals surface area contributed by atoms with Gasteiger partial charge in [0.2, 0.25) is 0 Å². The molecule has 0 radical (unpaired) electrons. The molecule has 0 bridgehead atoms. The van der Waals surface area contributed by atoms with Gasteiger partial charge in [0.25, 0.3) is 0 Å². The molecule has 0 unspecified atom stereocenters. The Kier molecular flexibility index (Phi) is 9.53. The Morgan fingerprint density at radius 3 is 1.35 bits per heavy atom. The summed E-state index contributed by atoms with van der Waals surface area (Å²) in [4.78, 5) is 15.6. The van der Waals surface area contributed by atoms with Gasteiger partial charge in [-0.05, 0) is 80.9 Å². The summed E-state index contributed by atoms with van der Waals surface area (Å²) in [6.45, 7) is 0. The summed E-state index contributed by atoms with van der Waals surface area (Å²) in [5.74, 6) is 0.689. The predicted molar refractivity (Wildman–Crippen MR) is 258 cm³/mol. The Bertz CT molecular complexity index is 3310. The lowest BCUT2D eigenvalue weighted by Gasteiger charge is -2.15. The third-order valence-electron chi connectivity index (χ3n) is 11.7. The number of benzene rings is 9. The first kappa shape index (κ1) is 36.8. The summed E-state index contributed by atoms with van der Waals surface area (Å²) in [5.41, 5.74) is 17.1. The van der Waals surface area contributed by atoms with Crippen LogP contribution in [0.5, 0.6) is 0 Å². The number of hydrogen-bond donors (Lipinski definition) is 0. The second kappa shape index (κ2) is 16.1. The van der Waals surface area contributed by atoms with E-state index in [1.807, 2.05) is 18.2 Å². The van der Waals surface area contributed by atoms with Crippen LogP contribution >= 0.6 is 0 Å². The Labute approximate surface area is 361 Å². The number of para-hydroxylation sites is 1. The molecule has 3 nitrogen and oxygen atoms in total. The van der Waals surface area contributed by atoms with Crippen molar-refractivity contribution < 1.29 is 0 Å². The van der Waals surface area contributed by atoms with E-state index in [0.29, 0.717) is 5.82 Å². The maximum atomic E-state index is 5.22. The van der Waals surface area contributed by atoms with E-state index in [1.165, 1.54) is 10.9 Å². The first-order valence-electron chi connectivity index (χ1n) is 21.0. The van der Waals surface area contributed by atoms with Crippen LogP contribution in [0.3, 0.4) is 0 Å². The minimum absolute atomic E-state index is 0.689. The third kappa shape index (κ3) is 7.12. The summed E-state index contributed by atoms with van der Waals surface area (Å²) in [5, 5.41) is 3.50. The van der Waals surface area contributed by atoms with Crippen LogP contribution < -0.4 is 0 Å². The zero-order chi connectivity index (χ0) is 41.2. The van der Waals surface area contributed by atoms with Gasteiger partial charge in [-0.3, -0.25) is 0 Å². The van der Waals surface area contributed by atoms with Crippen molar-refractivity contribution in [3.8, 4) is 89.7 Å². The Morgan fingerprint density at radius 1 is 0.242 bits per heavy atom. The summed E-state index contributed by atoms with van der Waals surface area (Å²) in [6.07, 6.45) is 0. The van der Waals surface area contributed by atoms with Crippen molar-refractivity contribution in [2.45, 2.75) is 0 Å². The van der Waals surface area contributed by atoms with Gasteiger partial charge in [0, 0.05) is 38.4 Å². The largest absolute Gasteiger partial charge is 0.247 e. The molecular weight excluding hydrogens is 751 g/mol. The van der Waals surface area contributed by atoms with Crippen molar-refractivity contribution in [3.63, 3.8) is 0 Å². The Morgan fingerprint density at radius 2 is 0.694 bits per heavy atom. The SMILES string of the molecule is c1ccc(-c2cc(-c3ccccc3)cc(-c3cc(-c4ccc(-c5cccc(-c6cccc7c(-c8ccccc8)nc8ccccc8c67)c5)cc4)nc(-c4ccccc4)n3)c2)cc1. The number of hydrogen-bond acceptors (Lipinski definition) is 3. The van der Waals surface area contributed by atoms with Gasteiger partial charge in [-0.15, -0.1) is 0 Å². The molecule has 11 rings (SSSR count). The molecular formula is C59H39N3. The van der Waals surface area contributed by atoms with Crippen LogP contribution in [0.15, 0.2) is 237 Å². The normalized spacial score (nSPS) is 11.2. The van der Waals surface area contributed by atoms with Gasteiger partial charge in [-0.25, -0.2) is 15.0 Å². The molecule has 2 heterocycles. The van der Waals surface area contributed by atoms with Crippen molar-refractivity contribution in [2.24, 2.45) is 0 Å². The van der Waals surface area contributed by atoms with E-state index < -0.39 is 0 Å². The van der Waals surface area contributed by atoms with Crippen molar-refractivity contribution in [1.82, 2.24) is 15.0 Å². The minimum Gasteiger partial charge on any atom is -0.247 e. The van der Waals surface area contributed by atoms with Gasteiger partial charge in [0.05, 0.1) is 22.6 Å². The molecule has 0 fully saturated rings. The van der Waals surface area contributed by atoms with Gasteiger partial charge in [0.15, 0.2) is 5.82 Å². The second-order valence-corrected chi connectivity index (χ2v) is 15.6. The molecule has 0 spiro atoms. The number of fused-ring (bicyclic) bond motifs is 3. The van der Waals surface area contributed by atoms with E-state index in [2.05, 4.69) is 218 Å². The monoisotopic (exact) mass is 789 g/mol. The lowest BCUT2D eigenvalue weighted by Crippen LogP contribution is -1.96. The van der Waals surface area contributed by atoms with Crippen LogP contribution in [0.4, 0.5) is 0 Å². The highest BCUT2D eigenvalue weighted by Crippen LogP contribution is 2.40. The summed E-state index contributed by atoms with van der Waals surface area (Å²) in [7, 11) is 0. The molecule has 0 saturated heterocycles. The fraction of sp³-hybridized carbons (Fsp3) is 0. The molecule has 0 aliphatic heterocycles.